The highest BCUT2D eigenvalue weighted by Crippen LogP contribution is 2.36. The number of halogens is 5. The maximum atomic E-state index is 14.4. The number of nitrogens with zero attached hydrogens (tertiary/aromatic N) is 3. The van der Waals surface area contributed by atoms with Gasteiger partial charge in [-0.1, -0.05) is 0 Å². The zero-order valence-corrected chi connectivity index (χ0v) is 13.4. The molecule has 0 unspecified atom stereocenters. The van der Waals surface area contributed by atoms with Crippen molar-refractivity contribution < 1.29 is 26.7 Å². The number of aryl methyl sites for hydroxylation is 2. The van der Waals surface area contributed by atoms with Crippen LogP contribution in [0.25, 0.3) is 16.8 Å². The molecule has 0 bridgehead atoms. The minimum Gasteiger partial charge on any atom is -0.494 e. The Balaban J connectivity index is 2.38. The summed E-state index contributed by atoms with van der Waals surface area (Å²) in [5, 5.41) is 3.82. The van der Waals surface area contributed by atoms with Crippen molar-refractivity contribution >= 4 is 5.65 Å². The summed E-state index contributed by atoms with van der Waals surface area (Å²) >= 11 is 0. The summed E-state index contributed by atoms with van der Waals surface area (Å²) in [5.41, 5.74) is -1.32. The van der Waals surface area contributed by atoms with E-state index in [-0.39, 0.29) is 33.9 Å². The average molecular weight is 357 g/mol. The number of hydrogen-bond acceptors (Lipinski definition) is 3. The summed E-state index contributed by atoms with van der Waals surface area (Å²) in [7, 11) is 1.18. The van der Waals surface area contributed by atoms with Gasteiger partial charge in [-0.15, -0.1) is 0 Å². The summed E-state index contributed by atoms with van der Waals surface area (Å²) in [5.74, 6) is -2.79. The molecular weight excluding hydrogens is 345 g/mol. The van der Waals surface area contributed by atoms with Gasteiger partial charge in [0.05, 0.1) is 18.4 Å². The predicted octanol–water partition coefficient (Wildman–Crippen LogP) is 4.32. The number of hydrogen-bond donors (Lipinski definition) is 0. The second-order valence-electron chi connectivity index (χ2n) is 5.42. The third-order valence-electron chi connectivity index (χ3n) is 3.72. The van der Waals surface area contributed by atoms with E-state index in [0.29, 0.717) is 4.52 Å². The number of methoxy groups -OCH3 is 1. The van der Waals surface area contributed by atoms with Crippen LogP contribution in [0.4, 0.5) is 22.0 Å². The van der Waals surface area contributed by atoms with Gasteiger partial charge in [0.2, 0.25) is 5.82 Å². The van der Waals surface area contributed by atoms with Crippen molar-refractivity contribution in [3.05, 3.63) is 46.9 Å². The lowest BCUT2D eigenvalue weighted by Crippen LogP contribution is -2.13. The second-order valence-corrected chi connectivity index (χ2v) is 5.42. The van der Waals surface area contributed by atoms with Gasteiger partial charge in [0.15, 0.2) is 17.2 Å². The lowest BCUT2D eigenvalue weighted by atomic mass is 10.0. The highest BCUT2D eigenvalue weighted by molar-refractivity contribution is 5.80. The summed E-state index contributed by atoms with van der Waals surface area (Å²) in [6.07, 6.45) is -4.68. The Morgan fingerprint density at radius 2 is 1.76 bits per heavy atom. The molecule has 1 aromatic carbocycles. The maximum absolute atomic E-state index is 14.4. The number of aromatic nitrogens is 3. The molecule has 0 saturated carbocycles. The van der Waals surface area contributed by atoms with Gasteiger partial charge >= 0.3 is 6.18 Å². The van der Waals surface area contributed by atoms with Crippen molar-refractivity contribution in [2.45, 2.75) is 20.0 Å². The molecule has 0 spiro atoms. The molecule has 0 aliphatic rings. The van der Waals surface area contributed by atoms with Gasteiger partial charge in [-0.2, -0.15) is 22.7 Å². The summed E-state index contributed by atoms with van der Waals surface area (Å²) in [6.45, 7) is 2.79. The van der Waals surface area contributed by atoms with Crippen LogP contribution in [0.15, 0.2) is 18.2 Å². The number of benzene rings is 1. The zero-order chi connectivity index (χ0) is 18.5. The first-order chi connectivity index (χ1) is 11.6. The number of fused-ring (bicyclic) bond motifs is 1. The molecule has 0 N–H and O–H groups in total. The van der Waals surface area contributed by atoms with Crippen molar-refractivity contribution in [1.82, 2.24) is 14.6 Å². The fourth-order valence-electron chi connectivity index (χ4n) is 2.64. The van der Waals surface area contributed by atoms with E-state index in [1.807, 2.05) is 0 Å². The molecule has 2 heterocycles. The third-order valence-corrected chi connectivity index (χ3v) is 3.72. The Morgan fingerprint density at radius 3 is 2.36 bits per heavy atom. The van der Waals surface area contributed by atoms with Crippen molar-refractivity contribution in [3.63, 3.8) is 0 Å². The fourth-order valence-corrected chi connectivity index (χ4v) is 2.64. The van der Waals surface area contributed by atoms with Crippen LogP contribution in [0, 0.1) is 25.5 Å². The highest BCUT2D eigenvalue weighted by Gasteiger charge is 2.36. The van der Waals surface area contributed by atoms with Crippen LogP contribution < -0.4 is 4.74 Å². The topological polar surface area (TPSA) is 39.4 Å². The van der Waals surface area contributed by atoms with Gasteiger partial charge in [-0.3, -0.25) is 0 Å². The molecule has 0 aliphatic heterocycles. The second kappa shape index (κ2) is 5.68. The molecule has 0 amide bonds. The molecule has 0 radical (unpaired) electrons. The van der Waals surface area contributed by atoms with Crippen LogP contribution in [0.2, 0.25) is 0 Å². The molecular formula is C16H12F5N3O. The first-order valence-electron chi connectivity index (χ1n) is 7.11. The van der Waals surface area contributed by atoms with Crippen molar-refractivity contribution in [2.24, 2.45) is 0 Å². The van der Waals surface area contributed by atoms with E-state index in [9.17, 15) is 22.0 Å². The van der Waals surface area contributed by atoms with Crippen LogP contribution in [0.1, 0.15) is 17.1 Å². The van der Waals surface area contributed by atoms with Crippen LogP contribution in [-0.4, -0.2) is 21.7 Å². The van der Waals surface area contributed by atoms with Crippen molar-refractivity contribution in [2.75, 3.05) is 7.11 Å². The lowest BCUT2D eigenvalue weighted by Gasteiger charge is -2.10. The molecule has 25 heavy (non-hydrogen) atoms. The van der Waals surface area contributed by atoms with E-state index < -0.39 is 23.5 Å². The van der Waals surface area contributed by atoms with Gasteiger partial charge in [0, 0.05) is 11.3 Å². The smallest absolute Gasteiger partial charge is 0.433 e. The quantitative estimate of drug-likeness (QED) is 0.642. The van der Waals surface area contributed by atoms with E-state index in [1.54, 1.807) is 0 Å². The monoisotopic (exact) mass is 357 g/mol. The minimum atomic E-state index is -4.68. The average Bonchev–Trinajstić information content (AvgIpc) is 2.84. The normalized spacial score (nSPS) is 12.0. The molecule has 132 valence electrons. The third kappa shape index (κ3) is 2.69. The minimum absolute atomic E-state index is 0.00625. The zero-order valence-electron chi connectivity index (χ0n) is 13.4. The number of alkyl halides is 3. The number of rotatable bonds is 2. The summed E-state index contributed by atoms with van der Waals surface area (Å²) < 4.78 is 73.4. The van der Waals surface area contributed by atoms with E-state index in [2.05, 4.69) is 10.1 Å². The molecule has 3 aromatic rings. The molecule has 4 nitrogen and oxygen atoms in total. The molecule has 9 heteroatoms. The Hall–Kier alpha value is -2.71. The first-order valence-corrected chi connectivity index (χ1v) is 7.11. The summed E-state index contributed by atoms with van der Waals surface area (Å²) in [6, 6.07) is 3.25. The van der Waals surface area contributed by atoms with Crippen LogP contribution in [-0.2, 0) is 6.18 Å². The predicted molar refractivity (Wildman–Crippen MR) is 79.4 cm³/mol. The van der Waals surface area contributed by atoms with Gasteiger partial charge in [0.1, 0.15) is 5.69 Å². The summed E-state index contributed by atoms with van der Waals surface area (Å²) in [4.78, 5) is 4.04. The van der Waals surface area contributed by atoms with Crippen LogP contribution in [0.3, 0.4) is 0 Å². The number of ether oxygens (including phenoxy) is 1. The molecule has 0 atom stereocenters. The van der Waals surface area contributed by atoms with Gasteiger partial charge in [-0.05, 0) is 32.0 Å². The van der Waals surface area contributed by atoms with E-state index in [0.717, 1.165) is 6.07 Å². The molecule has 0 fully saturated rings. The van der Waals surface area contributed by atoms with Gasteiger partial charge < -0.3 is 4.74 Å². The Morgan fingerprint density at radius 1 is 1.08 bits per heavy atom. The Kier molecular flexibility index (Phi) is 3.89. The Bertz CT molecular complexity index is 978. The molecule has 3 rings (SSSR count). The van der Waals surface area contributed by atoms with E-state index in [4.69, 9.17) is 4.74 Å². The standard InChI is InChI=1S/C16H12F5N3O/c1-7-6-11(16(19,20)21)24-15(22-7)12(8(2)23-24)9-4-5-10(25-3)14(18)13(9)17/h4-6H,1-3H3. The van der Waals surface area contributed by atoms with Crippen LogP contribution in [0.5, 0.6) is 5.75 Å². The molecule has 0 saturated heterocycles. The van der Waals surface area contributed by atoms with Crippen molar-refractivity contribution in [3.8, 4) is 16.9 Å². The largest absolute Gasteiger partial charge is 0.494 e. The Labute approximate surface area is 138 Å². The van der Waals surface area contributed by atoms with Gasteiger partial charge in [-0.25, -0.2) is 13.9 Å². The van der Waals surface area contributed by atoms with E-state index in [1.165, 1.54) is 33.1 Å². The molecule has 2 aromatic heterocycles. The SMILES string of the molecule is COc1ccc(-c2c(C)nn3c(C(F)(F)F)cc(C)nc23)c(F)c1F. The van der Waals surface area contributed by atoms with Crippen LogP contribution >= 0.6 is 0 Å². The fraction of sp³-hybridized carbons (Fsp3) is 0.250. The van der Waals surface area contributed by atoms with Gasteiger partial charge in [0.25, 0.3) is 0 Å². The first kappa shape index (κ1) is 17.1. The van der Waals surface area contributed by atoms with Crippen molar-refractivity contribution in [1.29, 1.82) is 0 Å². The highest BCUT2D eigenvalue weighted by atomic mass is 19.4. The molecule has 0 aliphatic carbocycles. The van der Waals surface area contributed by atoms with E-state index >= 15 is 0 Å². The lowest BCUT2D eigenvalue weighted by molar-refractivity contribution is -0.142. The maximum Gasteiger partial charge on any atom is 0.433 e.